The van der Waals surface area contributed by atoms with Gasteiger partial charge in [-0.05, 0) is 19.9 Å². The molecule has 0 bridgehead atoms. The van der Waals surface area contributed by atoms with Crippen LogP contribution in [0.2, 0.25) is 0 Å². The molecular weight excluding hydrogens is 250 g/mol. The smallest absolute Gasteiger partial charge is 0.257 e. The third-order valence-corrected chi connectivity index (χ3v) is 2.74. The van der Waals surface area contributed by atoms with Gasteiger partial charge in [-0.2, -0.15) is 0 Å². The Balaban J connectivity index is 2.15. The van der Waals surface area contributed by atoms with Crippen LogP contribution in [0.4, 0.5) is 0 Å². The Morgan fingerprint density at radius 2 is 2.32 bits per heavy atom. The third kappa shape index (κ3) is 2.88. The number of hydrogen-bond acceptors (Lipinski definition) is 6. The molecule has 1 unspecified atom stereocenters. The number of nitrogens with zero attached hydrogens (tertiary/aromatic N) is 2. The van der Waals surface area contributed by atoms with Gasteiger partial charge in [0.15, 0.2) is 0 Å². The number of fused-ring (bicyclic) bond motifs is 1. The molecule has 2 heterocycles. The lowest BCUT2D eigenvalue weighted by atomic mass is 10.1. The molecule has 0 aliphatic rings. The summed E-state index contributed by atoms with van der Waals surface area (Å²) in [6, 6.07) is 1.62. The zero-order chi connectivity index (χ0) is 14.0. The van der Waals surface area contributed by atoms with Crippen molar-refractivity contribution >= 4 is 17.0 Å². The SMILES string of the molecule is Cc1noc2ncc(C(=O)NCC(C)(O)CO)cc12. The number of hydrogen-bond donors (Lipinski definition) is 3. The van der Waals surface area contributed by atoms with Crippen molar-refractivity contribution in [2.75, 3.05) is 13.2 Å². The maximum Gasteiger partial charge on any atom is 0.257 e. The Labute approximate surface area is 109 Å². The molecule has 3 N–H and O–H groups in total. The van der Waals surface area contributed by atoms with Crippen LogP contribution in [0.5, 0.6) is 0 Å². The van der Waals surface area contributed by atoms with Gasteiger partial charge in [0.05, 0.1) is 23.3 Å². The summed E-state index contributed by atoms with van der Waals surface area (Å²) in [5.41, 5.74) is 0.0174. The van der Waals surface area contributed by atoms with E-state index in [2.05, 4.69) is 15.5 Å². The number of aromatic nitrogens is 2. The number of carbonyl (C=O) groups excluding carboxylic acids is 1. The minimum atomic E-state index is -1.35. The van der Waals surface area contributed by atoms with Gasteiger partial charge in [-0.3, -0.25) is 4.79 Å². The number of nitrogens with one attached hydrogen (secondary N) is 1. The standard InChI is InChI=1S/C12H15N3O4/c1-7-9-3-8(4-13-11(9)19-15-7)10(17)14-5-12(2,18)6-16/h3-4,16,18H,5-6H2,1-2H3,(H,14,17). The van der Waals surface area contributed by atoms with Crippen molar-refractivity contribution in [3.63, 3.8) is 0 Å². The van der Waals surface area contributed by atoms with Crippen molar-refractivity contribution in [1.29, 1.82) is 0 Å². The van der Waals surface area contributed by atoms with Crippen molar-refractivity contribution in [1.82, 2.24) is 15.5 Å². The summed E-state index contributed by atoms with van der Waals surface area (Å²) in [6.07, 6.45) is 1.37. The topological polar surface area (TPSA) is 108 Å². The highest BCUT2D eigenvalue weighted by molar-refractivity contribution is 5.96. The zero-order valence-corrected chi connectivity index (χ0v) is 10.7. The second kappa shape index (κ2) is 4.94. The number of amides is 1. The molecule has 2 aromatic rings. The number of aryl methyl sites for hydroxylation is 1. The Morgan fingerprint density at radius 1 is 1.58 bits per heavy atom. The third-order valence-electron chi connectivity index (χ3n) is 2.74. The van der Waals surface area contributed by atoms with Crippen LogP contribution in [-0.4, -0.2) is 45.0 Å². The summed E-state index contributed by atoms with van der Waals surface area (Å²) < 4.78 is 4.95. The summed E-state index contributed by atoms with van der Waals surface area (Å²) >= 11 is 0. The first-order valence-corrected chi connectivity index (χ1v) is 5.76. The quantitative estimate of drug-likeness (QED) is 0.718. The monoisotopic (exact) mass is 265 g/mol. The summed E-state index contributed by atoms with van der Waals surface area (Å²) in [4.78, 5) is 15.9. The van der Waals surface area contributed by atoms with Gasteiger partial charge in [0, 0.05) is 12.7 Å². The minimum absolute atomic E-state index is 0.0526. The summed E-state index contributed by atoms with van der Waals surface area (Å²) in [5, 5.41) is 25.4. The van der Waals surface area contributed by atoms with Gasteiger partial charge in [0.2, 0.25) is 0 Å². The van der Waals surface area contributed by atoms with E-state index in [0.717, 1.165) is 0 Å². The molecule has 19 heavy (non-hydrogen) atoms. The normalized spacial score (nSPS) is 14.3. The fourth-order valence-electron chi connectivity index (χ4n) is 1.50. The van der Waals surface area contributed by atoms with E-state index in [4.69, 9.17) is 9.63 Å². The molecule has 102 valence electrons. The highest BCUT2D eigenvalue weighted by Gasteiger charge is 2.20. The molecule has 2 aromatic heterocycles. The molecule has 0 saturated carbocycles. The van der Waals surface area contributed by atoms with E-state index >= 15 is 0 Å². The van der Waals surface area contributed by atoms with Crippen molar-refractivity contribution in [2.45, 2.75) is 19.4 Å². The molecule has 0 radical (unpaired) electrons. The maximum absolute atomic E-state index is 11.9. The summed E-state index contributed by atoms with van der Waals surface area (Å²) in [6.45, 7) is 2.70. The molecule has 7 heteroatoms. The molecule has 0 fully saturated rings. The van der Waals surface area contributed by atoms with Gasteiger partial charge in [-0.25, -0.2) is 4.98 Å². The zero-order valence-electron chi connectivity index (χ0n) is 10.7. The Morgan fingerprint density at radius 3 is 3.00 bits per heavy atom. The van der Waals surface area contributed by atoms with E-state index in [9.17, 15) is 9.90 Å². The molecule has 1 amide bonds. The average Bonchev–Trinajstić information content (AvgIpc) is 2.77. The van der Waals surface area contributed by atoms with Crippen LogP contribution in [-0.2, 0) is 0 Å². The van der Waals surface area contributed by atoms with Crippen LogP contribution in [0.15, 0.2) is 16.8 Å². The van der Waals surface area contributed by atoms with Gasteiger partial charge >= 0.3 is 0 Å². The van der Waals surface area contributed by atoms with Crippen molar-refractivity contribution in [3.05, 3.63) is 23.5 Å². The highest BCUT2D eigenvalue weighted by atomic mass is 16.5. The fraction of sp³-hybridized carbons (Fsp3) is 0.417. The number of rotatable bonds is 4. The van der Waals surface area contributed by atoms with E-state index in [-0.39, 0.29) is 12.5 Å². The average molecular weight is 265 g/mol. The minimum Gasteiger partial charge on any atom is -0.393 e. The van der Waals surface area contributed by atoms with Crippen LogP contribution >= 0.6 is 0 Å². The van der Waals surface area contributed by atoms with Crippen LogP contribution < -0.4 is 5.32 Å². The molecule has 0 aliphatic carbocycles. The first-order valence-electron chi connectivity index (χ1n) is 5.76. The van der Waals surface area contributed by atoms with Crippen molar-refractivity contribution in [2.24, 2.45) is 0 Å². The molecule has 0 aromatic carbocycles. The largest absolute Gasteiger partial charge is 0.393 e. The predicted molar refractivity (Wildman–Crippen MR) is 66.6 cm³/mol. The maximum atomic E-state index is 11.9. The Hall–Kier alpha value is -1.99. The summed E-state index contributed by atoms with van der Waals surface area (Å²) in [7, 11) is 0. The van der Waals surface area contributed by atoms with Gasteiger partial charge in [0.1, 0.15) is 5.60 Å². The van der Waals surface area contributed by atoms with E-state index in [1.807, 2.05) is 0 Å². The molecule has 0 saturated heterocycles. The lowest BCUT2D eigenvalue weighted by molar-refractivity contribution is 0.00320. The molecule has 7 nitrogen and oxygen atoms in total. The van der Waals surface area contributed by atoms with Gasteiger partial charge < -0.3 is 20.1 Å². The van der Waals surface area contributed by atoms with Crippen LogP contribution in [0.1, 0.15) is 23.0 Å². The highest BCUT2D eigenvalue weighted by Crippen LogP contribution is 2.16. The number of aliphatic hydroxyl groups excluding tert-OH is 1. The van der Waals surface area contributed by atoms with Crippen LogP contribution in [0.25, 0.3) is 11.1 Å². The van der Waals surface area contributed by atoms with Crippen LogP contribution in [0, 0.1) is 6.92 Å². The fourth-order valence-corrected chi connectivity index (χ4v) is 1.50. The first kappa shape index (κ1) is 13.4. The lowest BCUT2D eigenvalue weighted by Crippen LogP contribution is -2.43. The van der Waals surface area contributed by atoms with E-state index < -0.39 is 12.2 Å². The van der Waals surface area contributed by atoms with Gasteiger partial charge in [0.25, 0.3) is 11.6 Å². The second-order valence-electron chi connectivity index (χ2n) is 4.68. The Kier molecular flexibility index (Phi) is 3.50. The van der Waals surface area contributed by atoms with Gasteiger partial charge in [-0.1, -0.05) is 5.16 Å². The second-order valence-corrected chi connectivity index (χ2v) is 4.68. The Bertz CT molecular complexity index is 606. The van der Waals surface area contributed by atoms with E-state index in [0.29, 0.717) is 22.4 Å². The molecule has 0 aliphatic heterocycles. The predicted octanol–water partition coefficient (Wildman–Crippen LogP) is 0.00432. The van der Waals surface area contributed by atoms with E-state index in [1.54, 1.807) is 13.0 Å². The van der Waals surface area contributed by atoms with Crippen molar-refractivity contribution in [3.8, 4) is 0 Å². The van der Waals surface area contributed by atoms with Gasteiger partial charge in [-0.15, -0.1) is 0 Å². The number of carbonyl (C=O) groups is 1. The van der Waals surface area contributed by atoms with Crippen LogP contribution in [0.3, 0.4) is 0 Å². The summed E-state index contributed by atoms with van der Waals surface area (Å²) in [5.74, 6) is -0.385. The molecule has 0 spiro atoms. The van der Waals surface area contributed by atoms with E-state index in [1.165, 1.54) is 13.1 Å². The molecule has 1 atom stereocenters. The lowest BCUT2D eigenvalue weighted by Gasteiger charge is -2.20. The molecular formula is C12H15N3O4. The number of pyridine rings is 1. The van der Waals surface area contributed by atoms with Crippen molar-refractivity contribution < 1.29 is 19.5 Å². The molecule has 2 rings (SSSR count). The first-order chi connectivity index (χ1) is 8.93. The number of aliphatic hydroxyl groups is 2.